The lowest BCUT2D eigenvalue weighted by molar-refractivity contribution is -0.116. The van der Waals surface area contributed by atoms with Crippen molar-refractivity contribution in [1.82, 2.24) is 19.6 Å². The summed E-state index contributed by atoms with van der Waals surface area (Å²) in [6.45, 7) is 4.39. The third-order valence-corrected chi connectivity index (χ3v) is 2.96. The molecule has 0 bridgehead atoms. The molecule has 0 atom stereocenters. The smallest absolute Gasteiger partial charge is 0.360 e. The van der Waals surface area contributed by atoms with Crippen LogP contribution in [-0.2, 0) is 22.6 Å². The average molecular weight is 291 g/mol. The van der Waals surface area contributed by atoms with Crippen LogP contribution in [0.3, 0.4) is 0 Å². The Hall–Kier alpha value is -2.64. The van der Waals surface area contributed by atoms with Crippen LogP contribution in [-0.4, -0.2) is 38.5 Å². The number of nitrogens with zero attached hydrogens (tertiary/aromatic N) is 4. The highest BCUT2D eigenvalue weighted by Crippen LogP contribution is 2.15. The molecule has 2 rings (SSSR count). The number of rotatable bonds is 5. The Balaban J connectivity index is 2.15. The van der Waals surface area contributed by atoms with Crippen LogP contribution < -0.4 is 5.32 Å². The van der Waals surface area contributed by atoms with Gasteiger partial charge in [-0.1, -0.05) is 0 Å². The van der Waals surface area contributed by atoms with Gasteiger partial charge in [-0.15, -0.1) is 0 Å². The summed E-state index contributed by atoms with van der Waals surface area (Å²) in [7, 11) is 1.27. The first-order chi connectivity index (χ1) is 10.0. The monoisotopic (exact) mass is 291 g/mol. The van der Waals surface area contributed by atoms with E-state index in [9.17, 15) is 9.59 Å². The fourth-order valence-corrected chi connectivity index (χ4v) is 1.81. The zero-order chi connectivity index (χ0) is 15.4. The van der Waals surface area contributed by atoms with Crippen molar-refractivity contribution in [2.45, 2.75) is 26.9 Å². The van der Waals surface area contributed by atoms with E-state index in [1.165, 1.54) is 7.11 Å². The number of aryl methyl sites for hydroxylation is 2. The zero-order valence-electron chi connectivity index (χ0n) is 12.2. The molecule has 0 aliphatic carbocycles. The van der Waals surface area contributed by atoms with Crippen molar-refractivity contribution < 1.29 is 14.3 Å². The molecule has 1 N–H and O–H groups in total. The molecule has 1 amide bonds. The zero-order valence-corrected chi connectivity index (χ0v) is 12.2. The Kier molecular flexibility index (Phi) is 4.36. The summed E-state index contributed by atoms with van der Waals surface area (Å²) in [5.74, 6) is -0.879. The number of ether oxygens (including phenoxy) is 1. The van der Waals surface area contributed by atoms with E-state index >= 15 is 0 Å². The molecule has 2 aromatic heterocycles. The van der Waals surface area contributed by atoms with Gasteiger partial charge in [0.2, 0.25) is 5.91 Å². The molecule has 112 valence electrons. The van der Waals surface area contributed by atoms with Crippen molar-refractivity contribution in [1.29, 1.82) is 0 Å². The molecule has 0 radical (unpaired) electrons. The van der Waals surface area contributed by atoms with E-state index in [1.54, 1.807) is 21.8 Å². The molecule has 0 saturated heterocycles. The molecule has 21 heavy (non-hydrogen) atoms. The molecule has 8 heteroatoms. The summed E-state index contributed by atoms with van der Waals surface area (Å²) in [5, 5.41) is 10.8. The highest BCUT2D eigenvalue weighted by molar-refractivity contribution is 5.99. The second-order valence-corrected chi connectivity index (χ2v) is 4.42. The molecule has 0 spiro atoms. The predicted molar refractivity (Wildman–Crippen MR) is 74.8 cm³/mol. The third kappa shape index (κ3) is 3.28. The van der Waals surface area contributed by atoms with Crippen molar-refractivity contribution in [3.05, 3.63) is 29.8 Å². The number of anilines is 1. The Morgan fingerprint density at radius 2 is 2.19 bits per heavy atom. The van der Waals surface area contributed by atoms with Crippen molar-refractivity contribution in [3.8, 4) is 0 Å². The molecule has 0 fully saturated rings. The minimum atomic E-state index is -0.590. The highest BCUT2D eigenvalue weighted by Gasteiger charge is 2.19. The van der Waals surface area contributed by atoms with E-state index in [0.717, 1.165) is 5.69 Å². The summed E-state index contributed by atoms with van der Waals surface area (Å²) in [6.07, 6.45) is 3.22. The molecule has 0 unspecified atom stereocenters. The fraction of sp³-hybridized carbons (Fsp3) is 0.385. The molecule has 2 aromatic rings. The van der Waals surface area contributed by atoms with E-state index in [2.05, 4.69) is 20.3 Å². The van der Waals surface area contributed by atoms with Crippen LogP contribution in [0.15, 0.2) is 18.5 Å². The number of hydrogen-bond acceptors (Lipinski definition) is 5. The van der Waals surface area contributed by atoms with Gasteiger partial charge in [0.25, 0.3) is 0 Å². The second kappa shape index (κ2) is 6.21. The van der Waals surface area contributed by atoms with Gasteiger partial charge < -0.3 is 10.1 Å². The summed E-state index contributed by atoms with van der Waals surface area (Å²) in [4.78, 5) is 23.7. The second-order valence-electron chi connectivity index (χ2n) is 4.42. The standard InChI is InChI=1S/C13H17N5O3/c1-4-17-7-10(12(16-17)13(20)21-3)15-11(19)8-18-9(2)5-6-14-18/h5-7H,4,8H2,1-3H3,(H,15,19). The first kappa shape index (κ1) is 14.8. The van der Waals surface area contributed by atoms with Gasteiger partial charge in [-0.05, 0) is 19.9 Å². The maximum absolute atomic E-state index is 12.0. The summed E-state index contributed by atoms with van der Waals surface area (Å²) >= 11 is 0. The number of carbonyl (C=O) groups is 2. The molecule has 2 heterocycles. The van der Waals surface area contributed by atoms with Gasteiger partial charge in [0.1, 0.15) is 6.54 Å². The molecular weight excluding hydrogens is 274 g/mol. The molecule has 0 aliphatic rings. The maximum atomic E-state index is 12.0. The first-order valence-corrected chi connectivity index (χ1v) is 6.49. The van der Waals surface area contributed by atoms with Crippen LogP contribution in [0.4, 0.5) is 5.69 Å². The number of esters is 1. The van der Waals surface area contributed by atoms with Crippen molar-refractivity contribution in [2.24, 2.45) is 0 Å². The fourth-order valence-electron chi connectivity index (χ4n) is 1.81. The molecular formula is C13H17N5O3. The predicted octanol–water partition coefficient (Wildman–Crippen LogP) is 0.833. The maximum Gasteiger partial charge on any atom is 0.360 e. The lowest BCUT2D eigenvalue weighted by Crippen LogP contribution is -2.21. The highest BCUT2D eigenvalue weighted by atomic mass is 16.5. The Labute approximate surface area is 121 Å². The van der Waals surface area contributed by atoms with Gasteiger partial charge in [0.15, 0.2) is 5.69 Å². The van der Waals surface area contributed by atoms with Crippen LogP contribution in [0, 0.1) is 6.92 Å². The third-order valence-electron chi connectivity index (χ3n) is 2.96. The normalized spacial score (nSPS) is 10.4. The van der Waals surface area contributed by atoms with Gasteiger partial charge in [-0.2, -0.15) is 10.2 Å². The van der Waals surface area contributed by atoms with E-state index in [1.807, 2.05) is 19.9 Å². The van der Waals surface area contributed by atoms with Gasteiger partial charge in [0, 0.05) is 24.6 Å². The Morgan fingerprint density at radius 1 is 1.43 bits per heavy atom. The van der Waals surface area contributed by atoms with Crippen LogP contribution in [0.2, 0.25) is 0 Å². The Bertz CT molecular complexity index is 659. The number of amides is 1. The summed E-state index contributed by atoms with van der Waals surface area (Å²) in [6, 6.07) is 1.81. The Morgan fingerprint density at radius 3 is 2.76 bits per heavy atom. The van der Waals surface area contributed by atoms with Crippen molar-refractivity contribution in [3.63, 3.8) is 0 Å². The quantitative estimate of drug-likeness (QED) is 0.824. The SMILES string of the molecule is CCn1cc(NC(=O)Cn2nccc2C)c(C(=O)OC)n1. The van der Waals surface area contributed by atoms with E-state index in [-0.39, 0.29) is 18.1 Å². The van der Waals surface area contributed by atoms with Crippen LogP contribution in [0.5, 0.6) is 0 Å². The number of aromatic nitrogens is 4. The van der Waals surface area contributed by atoms with Crippen LogP contribution >= 0.6 is 0 Å². The topological polar surface area (TPSA) is 91.0 Å². The number of nitrogens with one attached hydrogen (secondary N) is 1. The summed E-state index contributed by atoms with van der Waals surface area (Å²) in [5.41, 5.74) is 1.30. The number of carbonyl (C=O) groups excluding carboxylic acids is 2. The van der Waals surface area contributed by atoms with Gasteiger partial charge in [-0.3, -0.25) is 14.2 Å². The average Bonchev–Trinajstić information content (AvgIpc) is 3.05. The van der Waals surface area contributed by atoms with Crippen LogP contribution in [0.1, 0.15) is 23.1 Å². The van der Waals surface area contributed by atoms with Gasteiger partial charge in [0.05, 0.1) is 12.8 Å². The molecule has 8 nitrogen and oxygen atoms in total. The minimum Gasteiger partial charge on any atom is -0.464 e. The largest absolute Gasteiger partial charge is 0.464 e. The summed E-state index contributed by atoms with van der Waals surface area (Å²) < 4.78 is 7.78. The van der Waals surface area contributed by atoms with Crippen LogP contribution in [0.25, 0.3) is 0 Å². The van der Waals surface area contributed by atoms with Gasteiger partial charge in [-0.25, -0.2) is 4.79 Å². The lowest BCUT2D eigenvalue weighted by Gasteiger charge is -2.06. The van der Waals surface area contributed by atoms with E-state index in [4.69, 9.17) is 0 Å². The molecule has 0 aromatic carbocycles. The molecule has 0 aliphatic heterocycles. The van der Waals surface area contributed by atoms with Crippen molar-refractivity contribution in [2.75, 3.05) is 12.4 Å². The lowest BCUT2D eigenvalue weighted by atomic mass is 10.3. The molecule has 0 saturated carbocycles. The van der Waals surface area contributed by atoms with Crippen molar-refractivity contribution >= 4 is 17.6 Å². The minimum absolute atomic E-state index is 0.0662. The number of methoxy groups -OCH3 is 1. The first-order valence-electron chi connectivity index (χ1n) is 6.49. The van der Waals surface area contributed by atoms with Gasteiger partial charge >= 0.3 is 5.97 Å². The number of hydrogen-bond donors (Lipinski definition) is 1. The van der Waals surface area contributed by atoms with E-state index in [0.29, 0.717) is 12.2 Å². The van der Waals surface area contributed by atoms with E-state index < -0.39 is 5.97 Å².